The number of hydrogen-bond acceptors (Lipinski definition) is 4. The van der Waals surface area contributed by atoms with Crippen LogP contribution >= 0.6 is 0 Å². The number of ether oxygens (including phenoxy) is 2. The van der Waals surface area contributed by atoms with Crippen molar-refractivity contribution in [1.82, 2.24) is 4.90 Å². The van der Waals surface area contributed by atoms with Crippen LogP contribution in [0.2, 0.25) is 0 Å². The van der Waals surface area contributed by atoms with E-state index in [1.165, 1.54) is 7.11 Å². The van der Waals surface area contributed by atoms with Gasteiger partial charge in [-0.2, -0.15) is 0 Å². The smallest absolute Gasteiger partial charge is 0.322 e. The Morgan fingerprint density at radius 1 is 1.44 bits per heavy atom. The van der Waals surface area contributed by atoms with E-state index in [2.05, 4.69) is 17.0 Å². The first-order valence-corrected chi connectivity index (χ1v) is 6.21. The maximum atomic E-state index is 11.5. The van der Waals surface area contributed by atoms with E-state index in [1.807, 2.05) is 25.1 Å². The minimum Gasteiger partial charge on any atom is -0.468 e. The van der Waals surface area contributed by atoms with Crippen LogP contribution in [0.15, 0.2) is 30.3 Å². The van der Waals surface area contributed by atoms with Gasteiger partial charge in [-0.15, -0.1) is 0 Å². The minimum absolute atomic E-state index is 0.0343. The van der Waals surface area contributed by atoms with Crippen molar-refractivity contribution in [3.05, 3.63) is 35.9 Å². The molecule has 4 nitrogen and oxygen atoms in total. The normalized spacial score (nSPS) is 22.4. The monoisotopic (exact) mass is 249 g/mol. The molecule has 0 radical (unpaired) electrons. The third-order valence-corrected chi connectivity index (χ3v) is 3.36. The first kappa shape index (κ1) is 13.1. The Bertz CT molecular complexity index is 393. The maximum Gasteiger partial charge on any atom is 0.322 e. The number of morpholine rings is 1. The maximum absolute atomic E-state index is 11.5. The van der Waals surface area contributed by atoms with Crippen molar-refractivity contribution in [2.45, 2.75) is 19.1 Å². The lowest BCUT2D eigenvalue weighted by molar-refractivity contribution is -0.149. The second-order valence-corrected chi connectivity index (χ2v) is 4.46. The standard InChI is InChI=1S/C14H19NO3/c1-11(14(16)17-2)15-8-9-18-13(10-15)12-6-4-3-5-7-12/h3-7,11,13H,8-10H2,1-2H3/t11-,13-/m0/s1. The fraction of sp³-hybridized carbons (Fsp3) is 0.500. The summed E-state index contributed by atoms with van der Waals surface area (Å²) in [6, 6.07) is 9.88. The van der Waals surface area contributed by atoms with Gasteiger partial charge in [0.05, 0.1) is 19.8 Å². The highest BCUT2D eigenvalue weighted by Crippen LogP contribution is 2.23. The molecule has 0 bridgehead atoms. The molecular formula is C14H19NO3. The molecule has 0 N–H and O–H groups in total. The summed E-state index contributed by atoms with van der Waals surface area (Å²) in [5.74, 6) is -0.191. The first-order chi connectivity index (χ1) is 8.72. The van der Waals surface area contributed by atoms with E-state index in [9.17, 15) is 4.79 Å². The summed E-state index contributed by atoms with van der Waals surface area (Å²) in [5.41, 5.74) is 1.15. The Kier molecular flexibility index (Phi) is 4.33. The predicted molar refractivity (Wildman–Crippen MR) is 68.2 cm³/mol. The molecule has 1 saturated heterocycles. The lowest BCUT2D eigenvalue weighted by atomic mass is 10.1. The van der Waals surface area contributed by atoms with Crippen LogP contribution in [0.25, 0.3) is 0 Å². The second-order valence-electron chi connectivity index (χ2n) is 4.46. The molecule has 98 valence electrons. The summed E-state index contributed by atoms with van der Waals surface area (Å²) in [4.78, 5) is 13.7. The molecule has 1 aliphatic rings. The Labute approximate surface area is 107 Å². The number of benzene rings is 1. The molecule has 18 heavy (non-hydrogen) atoms. The summed E-state index contributed by atoms with van der Waals surface area (Å²) in [6.07, 6.45) is 0.0343. The molecule has 1 aromatic carbocycles. The third kappa shape index (κ3) is 2.89. The molecule has 1 fully saturated rings. The molecule has 0 amide bonds. The summed E-state index contributed by atoms with van der Waals surface area (Å²) in [5, 5.41) is 0. The number of carbonyl (C=O) groups is 1. The first-order valence-electron chi connectivity index (χ1n) is 6.21. The van der Waals surface area contributed by atoms with Crippen LogP contribution < -0.4 is 0 Å². The number of esters is 1. The van der Waals surface area contributed by atoms with Crippen LogP contribution in [0.5, 0.6) is 0 Å². The van der Waals surface area contributed by atoms with E-state index in [4.69, 9.17) is 9.47 Å². The van der Waals surface area contributed by atoms with Gasteiger partial charge in [-0.3, -0.25) is 9.69 Å². The summed E-state index contributed by atoms with van der Waals surface area (Å²) < 4.78 is 10.5. The average molecular weight is 249 g/mol. The number of rotatable bonds is 3. The van der Waals surface area contributed by atoms with Crippen molar-refractivity contribution in [3.8, 4) is 0 Å². The van der Waals surface area contributed by atoms with Gasteiger partial charge in [-0.1, -0.05) is 30.3 Å². The van der Waals surface area contributed by atoms with E-state index in [0.717, 1.165) is 18.7 Å². The Morgan fingerprint density at radius 3 is 2.83 bits per heavy atom. The van der Waals surface area contributed by atoms with Gasteiger partial charge in [-0.05, 0) is 12.5 Å². The van der Waals surface area contributed by atoms with Gasteiger partial charge < -0.3 is 9.47 Å². The second kappa shape index (κ2) is 5.98. The van der Waals surface area contributed by atoms with Gasteiger partial charge in [-0.25, -0.2) is 0 Å². The van der Waals surface area contributed by atoms with Crippen molar-refractivity contribution in [1.29, 1.82) is 0 Å². The molecule has 0 saturated carbocycles. The van der Waals surface area contributed by atoms with Crippen LogP contribution in [-0.2, 0) is 14.3 Å². The van der Waals surface area contributed by atoms with Crippen molar-refractivity contribution in [3.63, 3.8) is 0 Å². The van der Waals surface area contributed by atoms with Crippen LogP contribution in [0.4, 0.5) is 0 Å². The lowest BCUT2D eigenvalue weighted by Crippen LogP contribution is -2.47. The van der Waals surface area contributed by atoms with Gasteiger partial charge in [0.1, 0.15) is 6.04 Å². The van der Waals surface area contributed by atoms with Gasteiger partial charge in [0.15, 0.2) is 0 Å². The van der Waals surface area contributed by atoms with Crippen molar-refractivity contribution in [2.24, 2.45) is 0 Å². The molecule has 0 spiro atoms. The molecule has 2 atom stereocenters. The Balaban J connectivity index is 2.03. The van der Waals surface area contributed by atoms with E-state index < -0.39 is 0 Å². The Morgan fingerprint density at radius 2 is 2.17 bits per heavy atom. The highest BCUT2D eigenvalue weighted by atomic mass is 16.5. The zero-order valence-electron chi connectivity index (χ0n) is 10.8. The molecule has 1 aliphatic heterocycles. The minimum atomic E-state index is -0.217. The fourth-order valence-corrected chi connectivity index (χ4v) is 2.21. The van der Waals surface area contributed by atoms with Gasteiger partial charge in [0.25, 0.3) is 0 Å². The van der Waals surface area contributed by atoms with Gasteiger partial charge >= 0.3 is 5.97 Å². The lowest BCUT2D eigenvalue weighted by Gasteiger charge is -2.35. The quantitative estimate of drug-likeness (QED) is 0.763. The van der Waals surface area contributed by atoms with Gasteiger partial charge in [0, 0.05) is 13.1 Å². The topological polar surface area (TPSA) is 38.8 Å². The summed E-state index contributed by atoms with van der Waals surface area (Å²) in [6.45, 7) is 4.00. The van der Waals surface area contributed by atoms with Crippen molar-refractivity contribution < 1.29 is 14.3 Å². The molecule has 0 aliphatic carbocycles. The van der Waals surface area contributed by atoms with E-state index in [0.29, 0.717) is 6.61 Å². The van der Waals surface area contributed by atoms with Crippen molar-refractivity contribution in [2.75, 3.05) is 26.8 Å². The predicted octanol–water partition coefficient (Wildman–Crippen LogP) is 1.62. The van der Waals surface area contributed by atoms with E-state index in [-0.39, 0.29) is 18.1 Å². The number of methoxy groups -OCH3 is 1. The number of hydrogen-bond donors (Lipinski definition) is 0. The summed E-state index contributed by atoms with van der Waals surface area (Å²) >= 11 is 0. The molecule has 4 heteroatoms. The molecule has 0 unspecified atom stereocenters. The fourth-order valence-electron chi connectivity index (χ4n) is 2.21. The van der Waals surface area contributed by atoms with Crippen LogP contribution in [0.1, 0.15) is 18.6 Å². The SMILES string of the molecule is COC(=O)[C@H](C)N1CCO[C@H](c2ccccc2)C1. The molecule has 1 heterocycles. The number of nitrogens with zero attached hydrogens (tertiary/aromatic N) is 1. The van der Waals surface area contributed by atoms with E-state index >= 15 is 0 Å². The third-order valence-electron chi connectivity index (χ3n) is 3.36. The largest absolute Gasteiger partial charge is 0.468 e. The highest BCUT2D eigenvalue weighted by molar-refractivity contribution is 5.75. The molecule has 1 aromatic rings. The Hall–Kier alpha value is -1.39. The van der Waals surface area contributed by atoms with Crippen molar-refractivity contribution >= 4 is 5.97 Å². The van der Waals surface area contributed by atoms with Gasteiger partial charge in [0.2, 0.25) is 0 Å². The van der Waals surface area contributed by atoms with E-state index in [1.54, 1.807) is 0 Å². The van der Waals surface area contributed by atoms with Crippen LogP contribution in [0, 0.1) is 0 Å². The zero-order chi connectivity index (χ0) is 13.0. The number of carbonyl (C=O) groups excluding carboxylic acids is 1. The molecule has 2 rings (SSSR count). The summed E-state index contributed by atoms with van der Waals surface area (Å²) in [7, 11) is 1.42. The highest BCUT2D eigenvalue weighted by Gasteiger charge is 2.28. The zero-order valence-corrected chi connectivity index (χ0v) is 10.8. The van der Waals surface area contributed by atoms with Crippen LogP contribution in [-0.4, -0.2) is 43.7 Å². The van der Waals surface area contributed by atoms with Crippen LogP contribution in [0.3, 0.4) is 0 Å². The molecular weight excluding hydrogens is 230 g/mol. The molecule has 0 aromatic heterocycles. The average Bonchev–Trinajstić information content (AvgIpc) is 2.46.